The van der Waals surface area contributed by atoms with Gasteiger partial charge in [0.05, 0.1) is 31.1 Å². The molecule has 0 aliphatic heterocycles. The molecule has 1 heterocycles. The van der Waals surface area contributed by atoms with Crippen LogP contribution in [0.1, 0.15) is 20.3 Å². The molecule has 0 saturated carbocycles. The lowest BCUT2D eigenvalue weighted by Gasteiger charge is -2.09. The quantitative estimate of drug-likeness (QED) is 0.748. The van der Waals surface area contributed by atoms with E-state index in [0.717, 1.165) is 13.0 Å². The summed E-state index contributed by atoms with van der Waals surface area (Å²) in [5.74, 6) is 0. The van der Waals surface area contributed by atoms with Gasteiger partial charge in [-0.1, -0.05) is 6.92 Å². The minimum Gasteiger partial charge on any atom is -0.396 e. The molecule has 4 nitrogen and oxygen atoms in total. The van der Waals surface area contributed by atoms with Crippen molar-refractivity contribution in [1.29, 1.82) is 0 Å². The Kier molecular flexibility index (Phi) is 3.76. The summed E-state index contributed by atoms with van der Waals surface area (Å²) in [7, 11) is 0. The van der Waals surface area contributed by atoms with Crippen molar-refractivity contribution in [3.63, 3.8) is 0 Å². The average molecular weight is 183 g/mol. The predicted molar refractivity (Wildman–Crippen MR) is 52.3 cm³/mol. The molecule has 1 atom stereocenters. The van der Waals surface area contributed by atoms with E-state index in [1.807, 2.05) is 0 Å². The van der Waals surface area contributed by atoms with Crippen LogP contribution in [-0.2, 0) is 11.3 Å². The van der Waals surface area contributed by atoms with Crippen LogP contribution in [0.4, 0.5) is 5.69 Å². The molecule has 0 fully saturated rings. The molecule has 1 aromatic heterocycles. The van der Waals surface area contributed by atoms with E-state index in [9.17, 15) is 0 Å². The molecule has 4 heteroatoms. The molecule has 2 N–H and O–H groups in total. The van der Waals surface area contributed by atoms with Crippen molar-refractivity contribution in [2.24, 2.45) is 0 Å². The van der Waals surface area contributed by atoms with Gasteiger partial charge in [-0.2, -0.15) is 5.10 Å². The number of nitrogens with zero attached hydrogens (tertiary/aromatic N) is 2. The molecule has 0 radical (unpaired) electrons. The minimum absolute atomic E-state index is 0.327. The molecular formula is C9H17N3O. The summed E-state index contributed by atoms with van der Waals surface area (Å²) < 4.78 is 7.29. The van der Waals surface area contributed by atoms with Crippen LogP contribution in [0.15, 0.2) is 12.4 Å². The van der Waals surface area contributed by atoms with Crippen molar-refractivity contribution in [2.75, 3.05) is 12.3 Å². The van der Waals surface area contributed by atoms with Gasteiger partial charge < -0.3 is 10.5 Å². The van der Waals surface area contributed by atoms with Gasteiger partial charge in [0.2, 0.25) is 0 Å². The average Bonchev–Trinajstić information content (AvgIpc) is 2.51. The Hall–Kier alpha value is -1.03. The summed E-state index contributed by atoms with van der Waals surface area (Å²) in [6, 6.07) is 0. The summed E-state index contributed by atoms with van der Waals surface area (Å²) in [5, 5.41) is 4.05. The van der Waals surface area contributed by atoms with Gasteiger partial charge in [-0.25, -0.2) is 0 Å². The van der Waals surface area contributed by atoms with Crippen molar-refractivity contribution in [3.05, 3.63) is 12.4 Å². The molecule has 13 heavy (non-hydrogen) atoms. The first-order chi connectivity index (χ1) is 6.22. The Morgan fingerprint density at radius 2 is 2.46 bits per heavy atom. The van der Waals surface area contributed by atoms with Crippen molar-refractivity contribution >= 4 is 5.69 Å². The van der Waals surface area contributed by atoms with E-state index < -0.39 is 0 Å². The number of nitrogens with two attached hydrogens (primary N) is 1. The van der Waals surface area contributed by atoms with Crippen LogP contribution < -0.4 is 5.73 Å². The molecular weight excluding hydrogens is 166 g/mol. The van der Waals surface area contributed by atoms with Crippen LogP contribution >= 0.6 is 0 Å². The molecule has 1 rings (SSSR count). The van der Waals surface area contributed by atoms with Crippen LogP contribution in [0, 0.1) is 0 Å². The van der Waals surface area contributed by atoms with Crippen molar-refractivity contribution in [1.82, 2.24) is 9.78 Å². The molecule has 0 aromatic carbocycles. The topological polar surface area (TPSA) is 53.1 Å². The van der Waals surface area contributed by atoms with Crippen LogP contribution in [0.2, 0.25) is 0 Å². The standard InChI is InChI=1S/C9H17N3O/c1-3-8(2)13-5-4-12-7-9(10)6-11-12/h6-8H,3-5,10H2,1-2H3. The molecule has 0 saturated heterocycles. The molecule has 1 unspecified atom stereocenters. The van der Waals surface area contributed by atoms with Crippen LogP contribution in [0.3, 0.4) is 0 Å². The van der Waals surface area contributed by atoms with E-state index in [4.69, 9.17) is 10.5 Å². The van der Waals surface area contributed by atoms with E-state index >= 15 is 0 Å². The Morgan fingerprint density at radius 3 is 3.00 bits per heavy atom. The highest BCUT2D eigenvalue weighted by Crippen LogP contribution is 1.99. The zero-order valence-electron chi connectivity index (χ0n) is 8.23. The molecule has 0 bridgehead atoms. The third kappa shape index (κ3) is 3.46. The summed E-state index contributed by atoms with van der Waals surface area (Å²) in [6.07, 6.45) is 4.82. The van der Waals surface area contributed by atoms with Gasteiger partial charge in [0.15, 0.2) is 0 Å². The monoisotopic (exact) mass is 183 g/mol. The maximum absolute atomic E-state index is 5.51. The fourth-order valence-corrected chi connectivity index (χ4v) is 0.967. The van der Waals surface area contributed by atoms with Crippen LogP contribution in [0.25, 0.3) is 0 Å². The molecule has 74 valence electrons. The van der Waals surface area contributed by atoms with E-state index in [1.54, 1.807) is 17.1 Å². The van der Waals surface area contributed by atoms with E-state index in [2.05, 4.69) is 18.9 Å². The molecule has 0 amide bonds. The SMILES string of the molecule is CCC(C)OCCn1cc(N)cn1. The lowest BCUT2D eigenvalue weighted by atomic mass is 10.3. The number of nitrogen functional groups attached to an aromatic ring is 1. The first-order valence-corrected chi connectivity index (χ1v) is 4.62. The van der Waals surface area contributed by atoms with Crippen molar-refractivity contribution < 1.29 is 4.74 Å². The number of rotatable bonds is 5. The summed E-state index contributed by atoms with van der Waals surface area (Å²) in [5.41, 5.74) is 6.21. The van der Waals surface area contributed by atoms with Crippen molar-refractivity contribution in [3.8, 4) is 0 Å². The van der Waals surface area contributed by atoms with Gasteiger partial charge >= 0.3 is 0 Å². The van der Waals surface area contributed by atoms with Gasteiger partial charge in [0, 0.05) is 6.20 Å². The first-order valence-electron chi connectivity index (χ1n) is 4.62. The maximum Gasteiger partial charge on any atom is 0.0719 e. The first kappa shape index (κ1) is 10.1. The predicted octanol–water partition coefficient (Wildman–Crippen LogP) is 1.28. The molecule has 0 spiro atoms. The van der Waals surface area contributed by atoms with Gasteiger partial charge in [0.1, 0.15) is 0 Å². The van der Waals surface area contributed by atoms with E-state index in [1.165, 1.54) is 0 Å². The van der Waals surface area contributed by atoms with Crippen molar-refractivity contribution in [2.45, 2.75) is 32.9 Å². The zero-order valence-corrected chi connectivity index (χ0v) is 8.23. The van der Waals surface area contributed by atoms with Gasteiger partial charge in [-0.15, -0.1) is 0 Å². The second-order valence-electron chi connectivity index (χ2n) is 3.13. The second kappa shape index (κ2) is 4.87. The van der Waals surface area contributed by atoms with Crippen LogP contribution in [-0.4, -0.2) is 22.5 Å². The number of anilines is 1. The number of hydrogen-bond donors (Lipinski definition) is 1. The largest absolute Gasteiger partial charge is 0.396 e. The lowest BCUT2D eigenvalue weighted by Crippen LogP contribution is -2.12. The highest BCUT2D eigenvalue weighted by molar-refractivity contribution is 5.30. The Balaban J connectivity index is 2.20. The van der Waals surface area contributed by atoms with E-state index in [-0.39, 0.29) is 0 Å². The second-order valence-corrected chi connectivity index (χ2v) is 3.13. The number of hydrogen-bond acceptors (Lipinski definition) is 3. The fourth-order valence-electron chi connectivity index (χ4n) is 0.967. The number of aromatic nitrogens is 2. The van der Waals surface area contributed by atoms with E-state index in [0.29, 0.717) is 18.4 Å². The Morgan fingerprint density at radius 1 is 1.69 bits per heavy atom. The molecule has 0 aliphatic rings. The van der Waals surface area contributed by atoms with Gasteiger partial charge in [0.25, 0.3) is 0 Å². The zero-order chi connectivity index (χ0) is 9.68. The third-order valence-electron chi connectivity index (χ3n) is 1.95. The maximum atomic E-state index is 5.51. The Labute approximate surface area is 78.7 Å². The highest BCUT2D eigenvalue weighted by Gasteiger charge is 1.98. The minimum atomic E-state index is 0.327. The highest BCUT2D eigenvalue weighted by atomic mass is 16.5. The fraction of sp³-hybridized carbons (Fsp3) is 0.667. The molecule has 1 aromatic rings. The summed E-state index contributed by atoms with van der Waals surface area (Å²) in [4.78, 5) is 0. The number of ether oxygens (including phenoxy) is 1. The molecule has 0 aliphatic carbocycles. The van der Waals surface area contributed by atoms with Gasteiger partial charge in [-0.3, -0.25) is 4.68 Å². The summed E-state index contributed by atoms with van der Waals surface area (Å²) in [6.45, 7) is 5.63. The lowest BCUT2D eigenvalue weighted by molar-refractivity contribution is 0.0565. The third-order valence-corrected chi connectivity index (χ3v) is 1.95. The summed E-state index contributed by atoms with van der Waals surface area (Å²) >= 11 is 0. The normalized spacial score (nSPS) is 13.1. The smallest absolute Gasteiger partial charge is 0.0719 e. The Bertz CT molecular complexity index is 247. The van der Waals surface area contributed by atoms with Gasteiger partial charge in [-0.05, 0) is 13.3 Å². The van der Waals surface area contributed by atoms with Crippen LogP contribution in [0.5, 0.6) is 0 Å².